The topological polar surface area (TPSA) is 189 Å². The van der Waals surface area contributed by atoms with Crippen LogP contribution in [0.15, 0.2) is 72.8 Å². The summed E-state index contributed by atoms with van der Waals surface area (Å²) in [7, 11) is 5.01. The molecule has 3 aliphatic heterocycles. The number of rotatable bonds is 20. The van der Waals surface area contributed by atoms with E-state index in [0.29, 0.717) is 19.5 Å². The number of benzene rings is 3. The van der Waals surface area contributed by atoms with Crippen LogP contribution in [0.1, 0.15) is 145 Å². The molecule has 462 valence electrons. The Balaban J connectivity index is 1.25. The van der Waals surface area contributed by atoms with Gasteiger partial charge in [-0.1, -0.05) is 75.4 Å². The summed E-state index contributed by atoms with van der Waals surface area (Å²) in [5.41, 5.74) is -2.05. The zero-order chi connectivity index (χ0) is 60.5. The first kappa shape index (κ1) is 68.0. The second-order valence-corrected chi connectivity index (χ2v) is 29.4. The third-order valence-corrected chi connectivity index (χ3v) is 23.2. The highest BCUT2D eigenvalue weighted by molar-refractivity contribution is 7.95. The van der Waals surface area contributed by atoms with Crippen molar-refractivity contribution in [3.8, 4) is 5.75 Å². The van der Waals surface area contributed by atoms with Gasteiger partial charge in [0.2, 0.25) is 0 Å². The van der Waals surface area contributed by atoms with Crippen molar-refractivity contribution in [1.82, 2.24) is 9.80 Å². The van der Waals surface area contributed by atoms with Crippen molar-refractivity contribution < 1.29 is 63.5 Å². The number of cyclic esters (lactones) is 1. The number of hydrogen-bond donors (Lipinski definition) is 5. The van der Waals surface area contributed by atoms with Crippen molar-refractivity contribution >= 4 is 29.1 Å². The van der Waals surface area contributed by atoms with E-state index in [1.165, 1.54) is 34.2 Å². The first-order valence-corrected chi connectivity index (χ1v) is 32.5. The Morgan fingerprint density at radius 1 is 0.732 bits per heavy atom. The van der Waals surface area contributed by atoms with Crippen LogP contribution in [0.3, 0.4) is 0 Å². The number of aryl methyl sites for hydroxylation is 2. The van der Waals surface area contributed by atoms with Crippen molar-refractivity contribution in [3.05, 3.63) is 83.9 Å². The highest BCUT2D eigenvalue weighted by Gasteiger charge is 2.53. The van der Waals surface area contributed by atoms with Crippen LogP contribution in [-0.4, -0.2) is 179 Å². The normalized spacial score (nSPS) is 35.9. The van der Waals surface area contributed by atoms with Gasteiger partial charge in [0.25, 0.3) is 0 Å². The largest absolute Gasteiger partial charge is 0.497 e. The van der Waals surface area contributed by atoms with Crippen molar-refractivity contribution in [2.24, 2.45) is 17.8 Å². The Labute approximate surface area is 493 Å². The maximum Gasteiger partial charge on any atom is 0.311 e. The maximum atomic E-state index is 14.8. The van der Waals surface area contributed by atoms with Crippen LogP contribution in [0, 0.1) is 31.6 Å². The molecule has 0 amide bonds. The average Bonchev–Trinajstić information content (AvgIpc) is 3.59. The minimum absolute atomic E-state index is 0.119. The van der Waals surface area contributed by atoms with Crippen LogP contribution in [0.25, 0.3) is 0 Å². The zero-order valence-corrected chi connectivity index (χ0v) is 53.5. The van der Waals surface area contributed by atoms with E-state index in [9.17, 15) is 30.3 Å². The molecule has 0 saturated carbocycles. The molecule has 15 nitrogen and oxygen atoms in total. The molecule has 3 saturated heterocycles. The number of nitrogens with zero attached hydrogens (tertiary/aromatic N) is 2. The minimum Gasteiger partial charge on any atom is -0.497 e. The summed E-state index contributed by atoms with van der Waals surface area (Å²) >= 11 is 0. The van der Waals surface area contributed by atoms with Gasteiger partial charge in [-0.2, -0.15) is 0 Å². The van der Waals surface area contributed by atoms with Gasteiger partial charge in [-0.3, -0.25) is 9.69 Å². The van der Waals surface area contributed by atoms with E-state index in [4.69, 9.17) is 33.2 Å². The molecule has 5 N–H and O–H groups in total. The molecule has 18 atom stereocenters. The third-order valence-electron chi connectivity index (χ3n) is 18.7. The van der Waals surface area contributed by atoms with Crippen LogP contribution in [-0.2, 0) is 33.2 Å². The number of likely N-dealkylation sites (N-methyl/N-ethyl adjacent to an activating group) is 1. The lowest BCUT2D eigenvalue weighted by molar-refractivity contribution is -0.318. The number of aliphatic hydroxyl groups is 5. The standard InChI is InChI=1S/C66H106N2O13P/c1-17-55-66(12,74)59(70)48(8)68(36-22-20-18-19-21-23-37-82(51-30-24-42(2)25-31-51,52-32-26-43(3)27-33-52)53-34-28-50(75-15)29-35-53)41-44(4)39-64(10,73)61(81-63-57(69)54(67(13)14)38-45(5)77-63)46(6)58(47(7)62(72)79-55)80-56-40-65(11,76-16)60(71)49(9)78-56/h24-35,44-49,54-61,63,69-71,73-74H,17-23,36-41H2,1-16H3/q+1/t44-,45-,46+,47-,48-,49+,54+,55-,56+,57-,58+,59-,60+,61-,63+,64-,65-,66-/m1/s1. The molecular weight excluding hydrogens is 1060 g/mol. The van der Waals surface area contributed by atoms with Crippen LogP contribution in [0.5, 0.6) is 5.75 Å². The SMILES string of the molecule is CC[C@H]1OC(=O)[C@H](C)[C@@H](O[C@H]2C[C@@](C)(OC)[C@@H](O)[C@H](C)O2)[C@H](C)[C@@H](O[C@@H]2O[C@H](C)C[C@H](N(C)C)[C@H]2O)[C@](C)(O)C[C@@H](C)CN(CCCCCCCC[P+](c2ccc(C)cc2)(c2ccc(C)cc2)c2ccc(OC)cc2)[C@H](C)[C@@H](O)[C@]1(C)O. The quantitative estimate of drug-likeness (QED) is 0.0413. The molecule has 0 unspecified atom stereocenters. The summed E-state index contributed by atoms with van der Waals surface area (Å²) in [6.07, 6.45) is -1.52. The fraction of sp³-hybridized carbons (Fsp3) is 0.712. The van der Waals surface area contributed by atoms with Gasteiger partial charge < -0.3 is 63.6 Å². The number of unbranched alkanes of at least 4 members (excludes halogenated alkanes) is 5. The average molecular weight is 1170 g/mol. The Morgan fingerprint density at radius 2 is 1.28 bits per heavy atom. The number of carbonyl (C=O) groups is 1. The lowest BCUT2D eigenvalue weighted by atomic mass is 9.77. The number of carbonyl (C=O) groups excluding carboxylic acids is 1. The summed E-state index contributed by atoms with van der Waals surface area (Å²) in [4.78, 5) is 18.9. The molecule has 0 radical (unpaired) electrons. The molecule has 6 rings (SSSR count). The van der Waals surface area contributed by atoms with Gasteiger partial charge in [-0.25, -0.2) is 0 Å². The van der Waals surface area contributed by atoms with E-state index in [-0.39, 0.29) is 37.3 Å². The fourth-order valence-electron chi connectivity index (χ4n) is 13.5. The lowest BCUT2D eigenvalue weighted by Gasteiger charge is -2.48. The van der Waals surface area contributed by atoms with Gasteiger partial charge in [-0.05, 0) is 176 Å². The summed E-state index contributed by atoms with van der Waals surface area (Å²) < 4.78 is 44.2. The van der Waals surface area contributed by atoms with Crippen LogP contribution < -0.4 is 20.7 Å². The molecular formula is C66H106N2O13P+. The number of aliphatic hydroxyl groups excluding tert-OH is 3. The summed E-state index contributed by atoms with van der Waals surface area (Å²) in [5.74, 6) is -1.86. The third kappa shape index (κ3) is 16.1. The smallest absolute Gasteiger partial charge is 0.311 e. The van der Waals surface area contributed by atoms with E-state index in [2.05, 4.69) is 98.5 Å². The molecule has 3 fully saturated rings. The second-order valence-electron chi connectivity index (χ2n) is 25.7. The van der Waals surface area contributed by atoms with E-state index in [1.807, 2.05) is 46.7 Å². The number of methoxy groups -OCH3 is 2. The predicted octanol–water partition coefficient (Wildman–Crippen LogP) is 8.23. The first-order chi connectivity index (χ1) is 38.6. The second kappa shape index (κ2) is 29.5. The zero-order valence-electron chi connectivity index (χ0n) is 52.6. The van der Waals surface area contributed by atoms with Crippen molar-refractivity contribution in [2.75, 3.05) is 47.6 Å². The Kier molecular flexibility index (Phi) is 24.5. The van der Waals surface area contributed by atoms with Gasteiger partial charge in [0, 0.05) is 38.1 Å². The number of ether oxygens (including phenoxy) is 7. The summed E-state index contributed by atoms with van der Waals surface area (Å²) in [5, 5.41) is 65.0. The lowest BCUT2D eigenvalue weighted by Crippen LogP contribution is -2.60. The van der Waals surface area contributed by atoms with Gasteiger partial charge in [0.1, 0.15) is 58.9 Å². The molecule has 3 aromatic carbocycles. The van der Waals surface area contributed by atoms with Crippen molar-refractivity contribution in [2.45, 2.75) is 238 Å². The minimum atomic E-state index is -2.03. The molecule has 3 aromatic rings. The molecule has 3 aliphatic rings. The van der Waals surface area contributed by atoms with Crippen LogP contribution in [0.4, 0.5) is 0 Å². The van der Waals surface area contributed by atoms with Crippen molar-refractivity contribution in [1.29, 1.82) is 0 Å². The molecule has 0 aliphatic carbocycles. The van der Waals surface area contributed by atoms with Crippen molar-refractivity contribution in [3.63, 3.8) is 0 Å². The number of esters is 1. The fourth-order valence-corrected chi connectivity index (χ4v) is 17.9. The monoisotopic (exact) mass is 1170 g/mol. The molecule has 82 heavy (non-hydrogen) atoms. The van der Waals surface area contributed by atoms with Gasteiger partial charge >= 0.3 is 5.97 Å². The first-order valence-electron chi connectivity index (χ1n) is 30.6. The van der Waals surface area contributed by atoms with E-state index >= 15 is 0 Å². The van der Waals surface area contributed by atoms with Crippen LogP contribution in [0.2, 0.25) is 0 Å². The number of hydrogen-bond acceptors (Lipinski definition) is 15. The Hall–Kier alpha value is -3.12. The van der Waals surface area contributed by atoms with Gasteiger partial charge in [-0.15, -0.1) is 0 Å². The van der Waals surface area contributed by atoms with Gasteiger partial charge in [0.05, 0.1) is 54.8 Å². The predicted molar refractivity (Wildman–Crippen MR) is 327 cm³/mol. The van der Waals surface area contributed by atoms with E-state index in [0.717, 1.165) is 50.4 Å². The van der Waals surface area contributed by atoms with E-state index in [1.54, 1.807) is 41.7 Å². The maximum absolute atomic E-state index is 14.8. The Bertz CT molecular complexity index is 2360. The summed E-state index contributed by atoms with van der Waals surface area (Å²) in [6.45, 7) is 23.4. The highest BCUT2D eigenvalue weighted by atomic mass is 31.2. The molecule has 0 aromatic heterocycles. The molecule has 0 spiro atoms. The van der Waals surface area contributed by atoms with Gasteiger partial charge in [0.15, 0.2) is 12.6 Å². The highest BCUT2D eigenvalue weighted by Crippen LogP contribution is 2.56. The molecule has 0 bridgehead atoms. The van der Waals surface area contributed by atoms with Crippen LogP contribution >= 0.6 is 7.26 Å². The molecule has 3 heterocycles. The summed E-state index contributed by atoms with van der Waals surface area (Å²) in [6, 6.07) is 26.1. The Morgan fingerprint density at radius 3 is 1.82 bits per heavy atom. The molecule has 16 heteroatoms. The van der Waals surface area contributed by atoms with E-state index < -0.39 is 103 Å².